The molecule has 0 radical (unpaired) electrons. The van der Waals surface area contributed by atoms with Crippen molar-refractivity contribution in [3.05, 3.63) is 64.0 Å². The number of ether oxygens (including phenoxy) is 1. The Kier molecular flexibility index (Phi) is 6.08. The third-order valence-corrected chi connectivity index (χ3v) is 4.73. The van der Waals surface area contributed by atoms with E-state index in [0.29, 0.717) is 5.69 Å². The Morgan fingerprint density at radius 1 is 1.25 bits per heavy atom. The molecule has 1 fully saturated rings. The molecular formula is C20H22FN3O4. The maximum Gasteiger partial charge on any atom is 0.293 e. The number of nitro groups is 1. The summed E-state index contributed by atoms with van der Waals surface area (Å²) in [5.41, 5.74) is 0.719. The van der Waals surface area contributed by atoms with E-state index in [2.05, 4.69) is 0 Å². The van der Waals surface area contributed by atoms with Gasteiger partial charge in [-0.25, -0.2) is 4.39 Å². The van der Waals surface area contributed by atoms with E-state index in [0.717, 1.165) is 25.9 Å². The number of carbonyl (C=O) groups is 1. The Morgan fingerprint density at radius 3 is 2.64 bits per heavy atom. The smallest absolute Gasteiger partial charge is 0.293 e. The van der Waals surface area contributed by atoms with Crippen molar-refractivity contribution in [1.29, 1.82) is 0 Å². The molecule has 7 nitrogen and oxygen atoms in total. The highest BCUT2D eigenvalue weighted by Crippen LogP contribution is 2.32. The molecule has 1 aliphatic heterocycles. The average Bonchev–Trinajstić information content (AvgIpc) is 3.23. The number of hydrogen-bond acceptors (Lipinski definition) is 5. The summed E-state index contributed by atoms with van der Waals surface area (Å²) in [6, 6.07) is 10.6. The van der Waals surface area contributed by atoms with E-state index in [1.165, 1.54) is 23.1 Å². The van der Waals surface area contributed by atoms with E-state index in [-0.39, 0.29) is 36.1 Å². The Balaban J connectivity index is 1.66. The van der Waals surface area contributed by atoms with Crippen LogP contribution in [-0.4, -0.2) is 49.0 Å². The first-order chi connectivity index (χ1) is 13.5. The number of nitrogens with zero attached hydrogens (tertiary/aromatic N) is 3. The molecule has 1 amide bonds. The van der Waals surface area contributed by atoms with Crippen molar-refractivity contribution in [2.45, 2.75) is 12.8 Å². The predicted octanol–water partition coefficient (Wildman–Crippen LogP) is 3.49. The molecule has 2 aromatic carbocycles. The lowest BCUT2D eigenvalue weighted by atomic mass is 10.1. The van der Waals surface area contributed by atoms with Gasteiger partial charge in [-0.15, -0.1) is 0 Å². The fourth-order valence-electron chi connectivity index (χ4n) is 3.20. The van der Waals surface area contributed by atoms with Gasteiger partial charge in [0.25, 0.3) is 11.6 Å². The van der Waals surface area contributed by atoms with Crippen LogP contribution in [-0.2, 0) is 0 Å². The Morgan fingerprint density at radius 2 is 1.96 bits per heavy atom. The topological polar surface area (TPSA) is 75.9 Å². The number of benzene rings is 2. The molecule has 0 atom stereocenters. The van der Waals surface area contributed by atoms with Crippen molar-refractivity contribution in [2.24, 2.45) is 0 Å². The predicted molar refractivity (Wildman–Crippen MR) is 103 cm³/mol. The second kappa shape index (κ2) is 8.69. The van der Waals surface area contributed by atoms with Crippen molar-refractivity contribution in [3.8, 4) is 5.75 Å². The molecule has 2 aromatic rings. The highest BCUT2D eigenvalue weighted by molar-refractivity contribution is 5.95. The van der Waals surface area contributed by atoms with Crippen molar-refractivity contribution in [1.82, 2.24) is 4.90 Å². The van der Waals surface area contributed by atoms with Gasteiger partial charge in [0.15, 0.2) is 11.6 Å². The molecule has 3 rings (SSSR count). The zero-order chi connectivity index (χ0) is 20.1. The van der Waals surface area contributed by atoms with Gasteiger partial charge in [-0.1, -0.05) is 12.1 Å². The zero-order valence-electron chi connectivity index (χ0n) is 15.6. The molecule has 28 heavy (non-hydrogen) atoms. The molecule has 148 valence electrons. The number of likely N-dealkylation sites (N-methyl/N-ethyl adjacent to an activating group) is 1. The van der Waals surface area contributed by atoms with Gasteiger partial charge in [0.2, 0.25) is 0 Å². The van der Waals surface area contributed by atoms with Crippen LogP contribution in [0.4, 0.5) is 15.8 Å². The Hall–Kier alpha value is -3.16. The van der Waals surface area contributed by atoms with Gasteiger partial charge in [0, 0.05) is 31.8 Å². The molecule has 0 aromatic heterocycles. The minimum absolute atomic E-state index is 0.0660. The van der Waals surface area contributed by atoms with Crippen molar-refractivity contribution < 1.29 is 18.8 Å². The first-order valence-corrected chi connectivity index (χ1v) is 9.13. The van der Waals surface area contributed by atoms with Crippen LogP contribution >= 0.6 is 0 Å². The monoisotopic (exact) mass is 387 g/mol. The van der Waals surface area contributed by atoms with E-state index in [1.807, 2.05) is 4.90 Å². The molecule has 0 unspecified atom stereocenters. The molecule has 0 bridgehead atoms. The standard InChI is InChI=1S/C20H22FN3O4/c1-22(12-13-28-19-7-3-2-6-16(19)21)20(25)15-8-9-17(18(14-15)24(26)27)23-10-4-5-11-23/h2-3,6-9,14H,4-5,10-13H2,1H3. The maximum absolute atomic E-state index is 13.6. The van der Waals surface area contributed by atoms with Crippen molar-refractivity contribution >= 4 is 17.3 Å². The fourth-order valence-corrected chi connectivity index (χ4v) is 3.20. The van der Waals surface area contributed by atoms with Crippen LogP contribution in [0, 0.1) is 15.9 Å². The van der Waals surface area contributed by atoms with Crippen LogP contribution in [0.15, 0.2) is 42.5 Å². The van der Waals surface area contributed by atoms with E-state index < -0.39 is 10.7 Å². The number of anilines is 1. The summed E-state index contributed by atoms with van der Waals surface area (Å²) in [5.74, 6) is -0.702. The highest BCUT2D eigenvalue weighted by atomic mass is 19.1. The minimum atomic E-state index is -0.468. The van der Waals surface area contributed by atoms with E-state index in [1.54, 1.807) is 31.3 Å². The molecule has 0 spiro atoms. The molecule has 0 saturated carbocycles. The summed E-state index contributed by atoms with van der Waals surface area (Å²) in [5, 5.41) is 11.5. The SMILES string of the molecule is CN(CCOc1ccccc1F)C(=O)c1ccc(N2CCCC2)c([N+](=O)[O-])c1. The number of amides is 1. The second-order valence-electron chi connectivity index (χ2n) is 6.66. The van der Waals surface area contributed by atoms with Crippen molar-refractivity contribution in [3.63, 3.8) is 0 Å². The summed E-state index contributed by atoms with van der Waals surface area (Å²) < 4.78 is 18.9. The zero-order valence-corrected chi connectivity index (χ0v) is 15.6. The largest absolute Gasteiger partial charge is 0.489 e. The molecule has 1 heterocycles. The lowest BCUT2D eigenvalue weighted by molar-refractivity contribution is -0.384. The molecule has 1 saturated heterocycles. The molecule has 8 heteroatoms. The van der Waals surface area contributed by atoms with Gasteiger partial charge in [-0.3, -0.25) is 14.9 Å². The number of nitro benzene ring substituents is 1. The van der Waals surface area contributed by atoms with Gasteiger partial charge in [0.05, 0.1) is 11.5 Å². The molecule has 0 aliphatic carbocycles. The molecule has 0 N–H and O–H groups in total. The van der Waals surface area contributed by atoms with Crippen LogP contribution in [0.25, 0.3) is 0 Å². The number of hydrogen-bond donors (Lipinski definition) is 0. The van der Waals surface area contributed by atoms with Gasteiger partial charge in [-0.05, 0) is 37.1 Å². The fraction of sp³-hybridized carbons (Fsp3) is 0.350. The quantitative estimate of drug-likeness (QED) is 0.537. The Labute approximate surface area is 162 Å². The lowest BCUT2D eigenvalue weighted by Crippen LogP contribution is -2.31. The second-order valence-corrected chi connectivity index (χ2v) is 6.66. The van der Waals surface area contributed by atoms with Crippen molar-refractivity contribution in [2.75, 3.05) is 38.2 Å². The maximum atomic E-state index is 13.6. The van der Waals surface area contributed by atoms with E-state index in [9.17, 15) is 19.3 Å². The number of carbonyl (C=O) groups excluding carboxylic acids is 1. The first-order valence-electron chi connectivity index (χ1n) is 9.13. The van der Waals surface area contributed by atoms with Gasteiger partial charge in [0.1, 0.15) is 12.3 Å². The summed E-state index contributed by atoms with van der Waals surface area (Å²) in [7, 11) is 1.58. The lowest BCUT2D eigenvalue weighted by Gasteiger charge is -2.20. The van der Waals surface area contributed by atoms with Gasteiger partial charge >= 0.3 is 0 Å². The van der Waals surface area contributed by atoms with Crippen LogP contribution in [0.2, 0.25) is 0 Å². The van der Waals surface area contributed by atoms with E-state index in [4.69, 9.17) is 4.74 Å². The Bertz CT molecular complexity index is 868. The third-order valence-electron chi connectivity index (χ3n) is 4.73. The molecular weight excluding hydrogens is 365 g/mol. The summed E-state index contributed by atoms with van der Waals surface area (Å²) in [4.78, 5) is 27.0. The summed E-state index contributed by atoms with van der Waals surface area (Å²) in [6.45, 7) is 1.88. The normalized spacial score (nSPS) is 13.4. The number of halogens is 1. The number of rotatable bonds is 7. The van der Waals surface area contributed by atoms with Crippen LogP contribution in [0.3, 0.4) is 0 Å². The minimum Gasteiger partial charge on any atom is -0.489 e. The van der Waals surface area contributed by atoms with Crippen LogP contribution < -0.4 is 9.64 Å². The van der Waals surface area contributed by atoms with Crippen LogP contribution in [0.5, 0.6) is 5.75 Å². The van der Waals surface area contributed by atoms with Crippen LogP contribution in [0.1, 0.15) is 23.2 Å². The van der Waals surface area contributed by atoms with E-state index >= 15 is 0 Å². The highest BCUT2D eigenvalue weighted by Gasteiger charge is 2.24. The average molecular weight is 387 g/mol. The number of para-hydroxylation sites is 1. The first kappa shape index (κ1) is 19.6. The summed E-state index contributed by atoms with van der Waals surface area (Å²) in [6.07, 6.45) is 2.01. The van der Waals surface area contributed by atoms with Gasteiger partial charge < -0.3 is 14.5 Å². The van der Waals surface area contributed by atoms with Gasteiger partial charge in [-0.2, -0.15) is 0 Å². The summed E-state index contributed by atoms with van der Waals surface area (Å²) >= 11 is 0. The molecule has 1 aliphatic rings. The third kappa shape index (κ3) is 4.39.